The molecule has 0 saturated heterocycles. The van der Waals surface area contributed by atoms with Gasteiger partial charge in [0.1, 0.15) is 28.7 Å². The first-order valence-electron chi connectivity index (χ1n) is 13.5. The molecule has 3 aromatic carbocycles. The number of amides is 2. The molecule has 2 aromatic heterocycles. The molecule has 0 atom stereocenters. The number of hydrogen-bond donors (Lipinski definition) is 1. The fourth-order valence-corrected chi connectivity index (χ4v) is 5.76. The number of carbonyl (C=O) groups is 2. The van der Waals surface area contributed by atoms with Crippen LogP contribution in [0.25, 0.3) is 33.6 Å². The SMILES string of the molecule is CNC(=O)c1c(-c2ccc(F)cc2)oc2cc(N(C)S(C)(=O)=O)c(-c3ccc4c(n3)C(=O)N(Cc3ccc(F)cc3)C4)cc12. The van der Waals surface area contributed by atoms with Crippen LogP contribution in [-0.4, -0.2) is 50.5 Å². The third kappa shape index (κ3) is 5.17. The standard InChI is InChI=1S/C32H26F2N4O5S/c1-35-31(39)28-24-14-23(25-13-8-20-17-38(32(40)29(20)36-25)16-18-4-9-21(33)10-5-18)26(37(2)44(3,41)42)15-27(24)43-30(28)19-6-11-22(34)12-7-19/h4-15H,16-17H2,1-3H3,(H,35,39). The van der Waals surface area contributed by atoms with Crippen LogP contribution in [-0.2, 0) is 23.1 Å². The molecule has 6 rings (SSSR count). The van der Waals surface area contributed by atoms with E-state index in [4.69, 9.17) is 4.42 Å². The molecule has 0 fully saturated rings. The van der Waals surface area contributed by atoms with Gasteiger partial charge in [-0.15, -0.1) is 0 Å². The zero-order valence-corrected chi connectivity index (χ0v) is 24.7. The smallest absolute Gasteiger partial charge is 0.273 e. The van der Waals surface area contributed by atoms with E-state index in [2.05, 4.69) is 10.3 Å². The third-order valence-corrected chi connectivity index (χ3v) is 8.79. The highest BCUT2D eigenvalue weighted by Crippen LogP contribution is 2.41. The van der Waals surface area contributed by atoms with Gasteiger partial charge in [0.2, 0.25) is 10.0 Å². The van der Waals surface area contributed by atoms with Crippen LogP contribution in [0.3, 0.4) is 0 Å². The third-order valence-electron chi connectivity index (χ3n) is 7.60. The number of aromatic nitrogens is 1. The molecule has 224 valence electrons. The molecule has 0 unspecified atom stereocenters. The normalized spacial score (nSPS) is 12.9. The largest absolute Gasteiger partial charge is 0.455 e. The van der Waals surface area contributed by atoms with Crippen molar-refractivity contribution in [2.24, 2.45) is 0 Å². The van der Waals surface area contributed by atoms with Gasteiger partial charge in [-0.05, 0) is 54.1 Å². The molecule has 5 aromatic rings. The maximum absolute atomic E-state index is 13.7. The monoisotopic (exact) mass is 616 g/mol. The van der Waals surface area contributed by atoms with Crippen molar-refractivity contribution in [3.63, 3.8) is 0 Å². The molecule has 1 aliphatic heterocycles. The highest BCUT2D eigenvalue weighted by molar-refractivity contribution is 7.92. The molecule has 0 bridgehead atoms. The second-order valence-corrected chi connectivity index (χ2v) is 12.5. The molecule has 2 amide bonds. The fraction of sp³-hybridized carbons (Fsp3) is 0.156. The van der Waals surface area contributed by atoms with Crippen molar-refractivity contribution < 1.29 is 31.2 Å². The van der Waals surface area contributed by atoms with Crippen molar-refractivity contribution >= 4 is 38.5 Å². The zero-order chi connectivity index (χ0) is 31.3. The van der Waals surface area contributed by atoms with Gasteiger partial charge in [-0.25, -0.2) is 22.2 Å². The molecular formula is C32H26F2N4O5S. The maximum atomic E-state index is 13.7. The molecule has 0 saturated carbocycles. The Morgan fingerprint density at radius 2 is 1.68 bits per heavy atom. The van der Waals surface area contributed by atoms with E-state index in [-0.39, 0.29) is 46.6 Å². The van der Waals surface area contributed by atoms with Crippen molar-refractivity contribution in [1.29, 1.82) is 0 Å². The number of halogens is 2. The number of furan rings is 1. The molecule has 0 radical (unpaired) electrons. The van der Waals surface area contributed by atoms with Crippen LogP contribution in [0.4, 0.5) is 14.5 Å². The van der Waals surface area contributed by atoms with Crippen LogP contribution >= 0.6 is 0 Å². The Morgan fingerprint density at radius 3 is 2.32 bits per heavy atom. The molecule has 44 heavy (non-hydrogen) atoms. The molecule has 12 heteroatoms. The van der Waals surface area contributed by atoms with Crippen LogP contribution in [0.5, 0.6) is 0 Å². The van der Waals surface area contributed by atoms with E-state index in [0.717, 1.165) is 16.1 Å². The Hall–Kier alpha value is -5.10. The number of carbonyl (C=O) groups excluding carboxylic acids is 2. The van der Waals surface area contributed by atoms with Gasteiger partial charge in [0.15, 0.2) is 0 Å². The molecule has 0 spiro atoms. The average molecular weight is 617 g/mol. The zero-order valence-electron chi connectivity index (χ0n) is 23.9. The van der Waals surface area contributed by atoms with Crippen LogP contribution in [0.15, 0.2) is 77.2 Å². The minimum Gasteiger partial charge on any atom is -0.455 e. The van der Waals surface area contributed by atoms with E-state index in [1.54, 1.807) is 35.2 Å². The number of pyridine rings is 1. The van der Waals surface area contributed by atoms with E-state index in [9.17, 15) is 26.8 Å². The predicted molar refractivity (Wildman–Crippen MR) is 161 cm³/mol. The average Bonchev–Trinajstić information content (AvgIpc) is 3.53. The number of hydrogen-bond acceptors (Lipinski definition) is 6. The summed E-state index contributed by atoms with van der Waals surface area (Å²) in [5.41, 5.74) is 3.36. The van der Waals surface area contributed by atoms with Gasteiger partial charge in [-0.1, -0.05) is 18.2 Å². The Balaban J connectivity index is 1.50. The van der Waals surface area contributed by atoms with Gasteiger partial charge in [0.25, 0.3) is 11.8 Å². The fourth-order valence-electron chi connectivity index (χ4n) is 5.25. The lowest BCUT2D eigenvalue weighted by Gasteiger charge is -2.20. The Labute approximate surface area is 251 Å². The predicted octanol–water partition coefficient (Wildman–Crippen LogP) is 5.35. The number of nitrogens with one attached hydrogen (secondary N) is 1. The van der Waals surface area contributed by atoms with E-state index in [1.807, 2.05) is 0 Å². The van der Waals surface area contributed by atoms with E-state index < -0.39 is 21.7 Å². The topological polar surface area (TPSA) is 113 Å². The van der Waals surface area contributed by atoms with Crippen LogP contribution in [0, 0.1) is 11.6 Å². The van der Waals surface area contributed by atoms with E-state index >= 15 is 0 Å². The summed E-state index contributed by atoms with van der Waals surface area (Å²) in [7, 11) is -0.917. The highest BCUT2D eigenvalue weighted by Gasteiger charge is 2.31. The number of anilines is 1. The maximum Gasteiger partial charge on any atom is 0.273 e. The quantitative estimate of drug-likeness (QED) is 0.264. The van der Waals surface area contributed by atoms with Crippen LogP contribution in [0.1, 0.15) is 32.0 Å². The van der Waals surface area contributed by atoms with E-state index in [0.29, 0.717) is 34.3 Å². The summed E-state index contributed by atoms with van der Waals surface area (Å²) in [4.78, 5) is 32.8. The van der Waals surface area contributed by atoms with Crippen LogP contribution < -0.4 is 9.62 Å². The van der Waals surface area contributed by atoms with Gasteiger partial charge in [-0.2, -0.15) is 0 Å². The summed E-state index contributed by atoms with van der Waals surface area (Å²) in [5.74, 6) is -1.44. The summed E-state index contributed by atoms with van der Waals surface area (Å²) in [6.07, 6.45) is 1.05. The number of fused-ring (bicyclic) bond motifs is 2. The second-order valence-electron chi connectivity index (χ2n) is 10.5. The van der Waals surface area contributed by atoms with Gasteiger partial charge >= 0.3 is 0 Å². The van der Waals surface area contributed by atoms with Crippen molar-refractivity contribution in [3.8, 4) is 22.6 Å². The number of benzene rings is 3. The van der Waals surface area contributed by atoms with Crippen LogP contribution in [0.2, 0.25) is 0 Å². The van der Waals surface area contributed by atoms with Crippen molar-refractivity contribution in [3.05, 3.63) is 107 Å². The summed E-state index contributed by atoms with van der Waals surface area (Å²) < 4.78 is 59.6. The van der Waals surface area contributed by atoms with Gasteiger partial charge in [0.05, 0.1) is 23.2 Å². The molecule has 3 heterocycles. The summed E-state index contributed by atoms with van der Waals surface area (Å²) >= 11 is 0. The summed E-state index contributed by atoms with van der Waals surface area (Å²) in [6.45, 7) is 0.563. The number of nitrogens with zero attached hydrogens (tertiary/aromatic N) is 3. The molecule has 1 aliphatic rings. The van der Waals surface area contributed by atoms with Gasteiger partial charge in [-0.3, -0.25) is 13.9 Å². The van der Waals surface area contributed by atoms with E-state index in [1.165, 1.54) is 56.6 Å². The Morgan fingerprint density at radius 1 is 1.02 bits per heavy atom. The molecule has 0 aliphatic carbocycles. The summed E-state index contributed by atoms with van der Waals surface area (Å²) in [6, 6.07) is 17.9. The first-order chi connectivity index (χ1) is 20.9. The first-order valence-corrected chi connectivity index (χ1v) is 15.4. The summed E-state index contributed by atoms with van der Waals surface area (Å²) in [5, 5.41) is 2.97. The van der Waals surface area contributed by atoms with Crippen molar-refractivity contribution in [2.75, 3.05) is 24.7 Å². The Kier molecular flexibility index (Phi) is 7.16. The van der Waals surface area contributed by atoms with Crippen molar-refractivity contribution in [1.82, 2.24) is 15.2 Å². The minimum absolute atomic E-state index is 0.173. The molecular weight excluding hydrogens is 590 g/mol. The molecule has 9 nitrogen and oxygen atoms in total. The Bertz CT molecular complexity index is 2060. The lowest BCUT2D eigenvalue weighted by atomic mass is 10.00. The second kappa shape index (κ2) is 10.9. The lowest BCUT2D eigenvalue weighted by Crippen LogP contribution is -2.25. The van der Waals surface area contributed by atoms with Gasteiger partial charge in [0, 0.05) is 55.3 Å². The first kappa shape index (κ1) is 29.0. The lowest BCUT2D eigenvalue weighted by molar-refractivity contribution is 0.0762. The van der Waals surface area contributed by atoms with Gasteiger partial charge < -0.3 is 14.6 Å². The molecule has 1 N–H and O–H groups in total. The number of rotatable bonds is 7. The van der Waals surface area contributed by atoms with Crippen molar-refractivity contribution in [2.45, 2.75) is 13.1 Å². The number of sulfonamides is 1. The highest BCUT2D eigenvalue weighted by atomic mass is 32.2. The minimum atomic E-state index is -3.76.